The average molecular weight is 352 g/mol. The highest BCUT2D eigenvalue weighted by molar-refractivity contribution is 7.20. The fraction of sp³-hybridized carbons (Fsp3) is 0.125. The van der Waals surface area contributed by atoms with Crippen LogP contribution in [0.15, 0.2) is 30.3 Å². The SMILES string of the molecule is CNC(=O)Cc1ccc(Oc2nc3cc(F)c(F)cc3s2)cc1F. The first-order chi connectivity index (χ1) is 11.5. The van der Waals surface area contributed by atoms with Gasteiger partial charge in [-0.15, -0.1) is 0 Å². The normalized spacial score (nSPS) is 10.8. The van der Waals surface area contributed by atoms with Crippen LogP contribution in [0.5, 0.6) is 10.9 Å². The summed E-state index contributed by atoms with van der Waals surface area (Å²) in [7, 11) is 1.47. The number of likely N-dealkylation sites (N-methyl/N-ethyl adjacent to an activating group) is 1. The summed E-state index contributed by atoms with van der Waals surface area (Å²) in [4.78, 5) is 15.3. The molecule has 8 heteroatoms. The maximum Gasteiger partial charge on any atom is 0.279 e. The number of hydrogen-bond donors (Lipinski definition) is 1. The van der Waals surface area contributed by atoms with E-state index >= 15 is 0 Å². The minimum atomic E-state index is -0.996. The van der Waals surface area contributed by atoms with Gasteiger partial charge in [0.15, 0.2) is 11.6 Å². The highest BCUT2D eigenvalue weighted by Crippen LogP contribution is 2.32. The molecule has 0 bridgehead atoms. The number of hydrogen-bond acceptors (Lipinski definition) is 4. The molecule has 1 N–H and O–H groups in total. The highest BCUT2D eigenvalue weighted by atomic mass is 32.1. The van der Waals surface area contributed by atoms with Crippen LogP contribution >= 0.6 is 11.3 Å². The standard InChI is InChI=1S/C16H11F3N2O2S/c1-20-15(22)4-8-2-3-9(5-10(8)17)23-16-21-13-6-11(18)12(19)7-14(13)24-16/h2-3,5-7H,4H2,1H3,(H,20,22). The molecule has 0 aliphatic heterocycles. The van der Waals surface area contributed by atoms with Gasteiger partial charge in [0.1, 0.15) is 11.6 Å². The molecule has 0 atom stereocenters. The summed E-state index contributed by atoms with van der Waals surface area (Å²) in [6.45, 7) is 0. The van der Waals surface area contributed by atoms with Crippen molar-refractivity contribution < 1.29 is 22.7 Å². The second kappa shape index (κ2) is 6.48. The van der Waals surface area contributed by atoms with Gasteiger partial charge in [-0.1, -0.05) is 17.4 Å². The Balaban J connectivity index is 1.83. The minimum absolute atomic E-state index is 0.0810. The Kier molecular flexibility index (Phi) is 4.39. The van der Waals surface area contributed by atoms with Gasteiger partial charge >= 0.3 is 0 Å². The van der Waals surface area contributed by atoms with Crippen molar-refractivity contribution in [1.82, 2.24) is 10.3 Å². The Morgan fingerprint density at radius 2 is 1.92 bits per heavy atom. The van der Waals surface area contributed by atoms with Crippen molar-refractivity contribution in [3.05, 3.63) is 53.3 Å². The largest absolute Gasteiger partial charge is 0.431 e. The molecule has 2 aromatic carbocycles. The van der Waals surface area contributed by atoms with Gasteiger partial charge in [-0.05, 0) is 17.7 Å². The number of aromatic nitrogens is 1. The first-order valence-corrected chi connectivity index (χ1v) is 7.70. The molecule has 1 amide bonds. The Labute approximate surface area is 138 Å². The van der Waals surface area contributed by atoms with Crippen LogP contribution in [0, 0.1) is 17.5 Å². The first kappa shape index (κ1) is 16.3. The monoisotopic (exact) mass is 352 g/mol. The van der Waals surface area contributed by atoms with Crippen LogP contribution in [-0.2, 0) is 11.2 Å². The third-order valence-corrected chi connectivity index (χ3v) is 4.17. The van der Waals surface area contributed by atoms with Crippen molar-refractivity contribution in [2.24, 2.45) is 0 Å². The molecule has 3 aromatic rings. The molecule has 0 fully saturated rings. The van der Waals surface area contributed by atoms with Crippen molar-refractivity contribution in [2.75, 3.05) is 7.05 Å². The third kappa shape index (κ3) is 3.33. The van der Waals surface area contributed by atoms with Crippen LogP contribution in [0.1, 0.15) is 5.56 Å². The van der Waals surface area contributed by atoms with Crippen LogP contribution in [0.3, 0.4) is 0 Å². The molecule has 0 unspecified atom stereocenters. The van der Waals surface area contributed by atoms with Gasteiger partial charge in [0.05, 0.1) is 16.6 Å². The van der Waals surface area contributed by atoms with Gasteiger partial charge in [0.2, 0.25) is 5.91 Å². The molecule has 124 valence electrons. The second-order valence-electron chi connectivity index (χ2n) is 4.92. The van der Waals surface area contributed by atoms with E-state index in [-0.39, 0.29) is 34.4 Å². The predicted molar refractivity (Wildman–Crippen MR) is 83.8 cm³/mol. The van der Waals surface area contributed by atoms with E-state index in [0.29, 0.717) is 4.70 Å². The zero-order chi connectivity index (χ0) is 17.3. The topological polar surface area (TPSA) is 51.2 Å². The summed E-state index contributed by atoms with van der Waals surface area (Å²) in [6.07, 6.45) is -0.0810. The smallest absolute Gasteiger partial charge is 0.279 e. The molecular formula is C16H11F3N2O2S. The maximum atomic E-state index is 14.0. The zero-order valence-corrected chi connectivity index (χ0v) is 13.2. The molecule has 4 nitrogen and oxygen atoms in total. The van der Waals surface area contributed by atoms with Gasteiger partial charge in [0, 0.05) is 19.2 Å². The quantitative estimate of drug-likeness (QED) is 0.777. The number of ether oxygens (including phenoxy) is 1. The lowest BCUT2D eigenvalue weighted by atomic mass is 10.1. The summed E-state index contributed by atoms with van der Waals surface area (Å²) < 4.78 is 46.2. The first-order valence-electron chi connectivity index (χ1n) is 6.88. The number of rotatable bonds is 4. The summed E-state index contributed by atoms with van der Waals surface area (Å²) in [5.41, 5.74) is 0.487. The van der Waals surface area contributed by atoms with Crippen molar-refractivity contribution >= 4 is 27.5 Å². The molecule has 0 saturated carbocycles. The minimum Gasteiger partial charge on any atom is -0.431 e. The number of fused-ring (bicyclic) bond motifs is 1. The molecular weight excluding hydrogens is 341 g/mol. The van der Waals surface area contributed by atoms with Gasteiger partial charge in [-0.25, -0.2) is 18.2 Å². The molecule has 1 aromatic heterocycles. The molecule has 1 heterocycles. The number of thiazole rings is 1. The summed E-state index contributed by atoms with van der Waals surface area (Å²) >= 11 is 1.01. The zero-order valence-electron chi connectivity index (χ0n) is 12.4. The summed E-state index contributed by atoms with van der Waals surface area (Å²) in [5, 5.41) is 2.55. The summed E-state index contributed by atoms with van der Waals surface area (Å²) in [5.74, 6) is -2.69. The van der Waals surface area contributed by atoms with E-state index in [1.807, 2.05) is 0 Å². The fourth-order valence-electron chi connectivity index (χ4n) is 2.04. The van der Waals surface area contributed by atoms with E-state index in [1.165, 1.54) is 19.2 Å². The lowest BCUT2D eigenvalue weighted by Gasteiger charge is -2.05. The van der Waals surface area contributed by atoms with Crippen LogP contribution in [-0.4, -0.2) is 17.9 Å². The number of nitrogens with zero attached hydrogens (tertiary/aromatic N) is 1. The van der Waals surface area contributed by atoms with Gasteiger partial charge in [-0.2, -0.15) is 0 Å². The van der Waals surface area contributed by atoms with Crippen molar-refractivity contribution in [3.63, 3.8) is 0 Å². The molecule has 24 heavy (non-hydrogen) atoms. The molecule has 0 radical (unpaired) electrons. The number of carbonyl (C=O) groups excluding carboxylic acids is 1. The van der Waals surface area contributed by atoms with Crippen LogP contribution in [0.4, 0.5) is 13.2 Å². The van der Waals surface area contributed by atoms with E-state index in [4.69, 9.17) is 4.74 Å². The highest BCUT2D eigenvalue weighted by Gasteiger charge is 2.13. The van der Waals surface area contributed by atoms with Crippen LogP contribution in [0.2, 0.25) is 0 Å². The van der Waals surface area contributed by atoms with Gasteiger partial charge in [-0.3, -0.25) is 4.79 Å². The lowest BCUT2D eigenvalue weighted by molar-refractivity contribution is -0.120. The van der Waals surface area contributed by atoms with Crippen molar-refractivity contribution in [1.29, 1.82) is 0 Å². The van der Waals surface area contributed by atoms with E-state index in [1.54, 1.807) is 0 Å². The number of carbonyl (C=O) groups is 1. The summed E-state index contributed by atoms with van der Waals surface area (Å²) in [6, 6.07) is 6.07. The molecule has 0 aliphatic rings. The number of benzene rings is 2. The second-order valence-corrected chi connectivity index (χ2v) is 5.91. The third-order valence-electron chi connectivity index (χ3n) is 3.27. The average Bonchev–Trinajstić information content (AvgIpc) is 2.91. The van der Waals surface area contributed by atoms with Crippen molar-refractivity contribution in [3.8, 4) is 10.9 Å². The maximum absolute atomic E-state index is 14.0. The fourth-order valence-corrected chi connectivity index (χ4v) is 2.88. The van der Waals surface area contributed by atoms with E-state index in [2.05, 4.69) is 10.3 Å². The Bertz CT molecular complexity index is 888. The Hall–Kier alpha value is -2.61. The number of nitrogens with one attached hydrogen (secondary N) is 1. The predicted octanol–water partition coefficient (Wildman–Crippen LogP) is 3.79. The van der Waals surface area contributed by atoms with Gasteiger partial charge < -0.3 is 10.1 Å². The van der Waals surface area contributed by atoms with Crippen LogP contribution < -0.4 is 10.1 Å². The molecule has 0 spiro atoms. The van der Waals surface area contributed by atoms with E-state index in [0.717, 1.165) is 29.5 Å². The van der Waals surface area contributed by atoms with Crippen molar-refractivity contribution in [2.45, 2.75) is 6.42 Å². The Morgan fingerprint density at radius 1 is 1.17 bits per heavy atom. The molecule has 0 saturated heterocycles. The van der Waals surface area contributed by atoms with Crippen LogP contribution in [0.25, 0.3) is 10.2 Å². The number of amides is 1. The molecule has 0 aliphatic carbocycles. The number of halogens is 3. The van der Waals surface area contributed by atoms with Gasteiger partial charge in [0.25, 0.3) is 5.19 Å². The van der Waals surface area contributed by atoms with E-state index < -0.39 is 17.5 Å². The lowest BCUT2D eigenvalue weighted by Crippen LogP contribution is -2.20. The molecule has 3 rings (SSSR count). The Morgan fingerprint density at radius 3 is 2.62 bits per heavy atom. The van der Waals surface area contributed by atoms with E-state index in [9.17, 15) is 18.0 Å².